The third-order valence-electron chi connectivity index (χ3n) is 2.15. The quantitative estimate of drug-likeness (QED) is 0.695. The first-order valence-electron chi connectivity index (χ1n) is 4.98. The summed E-state index contributed by atoms with van der Waals surface area (Å²) in [6.07, 6.45) is 0.536. The van der Waals surface area contributed by atoms with Crippen LogP contribution in [0.1, 0.15) is 18.0 Å². The van der Waals surface area contributed by atoms with E-state index in [0.29, 0.717) is 18.5 Å². The van der Waals surface area contributed by atoms with Crippen molar-refractivity contribution in [3.63, 3.8) is 0 Å². The molecule has 0 saturated carbocycles. The summed E-state index contributed by atoms with van der Waals surface area (Å²) < 4.78 is 0.763. The molecule has 0 spiro atoms. The van der Waals surface area contributed by atoms with E-state index in [1.807, 2.05) is 6.07 Å². The van der Waals surface area contributed by atoms with Gasteiger partial charge in [0.05, 0.1) is 0 Å². The van der Waals surface area contributed by atoms with E-state index in [1.54, 1.807) is 18.2 Å². The van der Waals surface area contributed by atoms with Crippen LogP contribution in [0.2, 0.25) is 0 Å². The number of benzene rings is 1. The normalized spacial score (nSPS) is 12.4. The fraction of sp³-hybridized carbons (Fsp3) is 0.364. The molecule has 0 amide bonds. The second kappa shape index (κ2) is 6.62. The molecular formula is C11H14BrNO3. The Bertz CT molecular complexity index is 357. The number of aliphatic hydroxyl groups excluding tert-OH is 1. The summed E-state index contributed by atoms with van der Waals surface area (Å²) in [5.74, 6) is -0.926. The Kier molecular flexibility index (Phi) is 5.45. The first-order chi connectivity index (χ1) is 7.66. The molecule has 0 saturated heterocycles. The van der Waals surface area contributed by atoms with Gasteiger partial charge in [-0.1, -0.05) is 34.1 Å². The van der Waals surface area contributed by atoms with Crippen LogP contribution in [0.5, 0.6) is 0 Å². The first-order valence-corrected chi connectivity index (χ1v) is 5.77. The molecule has 16 heavy (non-hydrogen) atoms. The summed E-state index contributed by atoms with van der Waals surface area (Å²) >= 11 is 3.32. The topological polar surface area (TPSA) is 69.6 Å². The summed E-state index contributed by atoms with van der Waals surface area (Å²) in [6, 6.07) is 6.44. The van der Waals surface area contributed by atoms with Crippen LogP contribution in [-0.4, -0.2) is 29.3 Å². The minimum absolute atomic E-state index is 0.0509. The molecular weight excluding hydrogens is 274 g/mol. The highest BCUT2D eigenvalue weighted by atomic mass is 79.9. The number of hydrogen-bond donors (Lipinski definition) is 3. The number of rotatable bonds is 6. The fourth-order valence-electron chi connectivity index (χ4n) is 1.36. The molecule has 3 N–H and O–H groups in total. The maximum Gasteiger partial charge on any atom is 0.325 e. The van der Waals surface area contributed by atoms with Gasteiger partial charge in [0.25, 0.3) is 0 Å². The molecule has 1 aromatic carbocycles. The van der Waals surface area contributed by atoms with Gasteiger partial charge in [0.2, 0.25) is 0 Å². The van der Waals surface area contributed by atoms with Crippen molar-refractivity contribution in [1.29, 1.82) is 0 Å². The highest BCUT2D eigenvalue weighted by Crippen LogP contribution is 2.23. The van der Waals surface area contributed by atoms with Crippen molar-refractivity contribution in [1.82, 2.24) is 5.32 Å². The van der Waals surface area contributed by atoms with Crippen molar-refractivity contribution in [2.45, 2.75) is 12.5 Å². The van der Waals surface area contributed by atoms with Crippen molar-refractivity contribution in [3.8, 4) is 0 Å². The van der Waals surface area contributed by atoms with E-state index in [1.165, 1.54) is 0 Å². The van der Waals surface area contributed by atoms with Crippen molar-refractivity contribution in [3.05, 3.63) is 34.3 Å². The Morgan fingerprint density at radius 2 is 2.12 bits per heavy atom. The van der Waals surface area contributed by atoms with Crippen LogP contribution >= 0.6 is 15.9 Å². The summed E-state index contributed by atoms with van der Waals surface area (Å²) in [5.41, 5.74) is 0.688. The van der Waals surface area contributed by atoms with E-state index in [4.69, 9.17) is 10.2 Å². The number of carbonyl (C=O) groups is 1. The van der Waals surface area contributed by atoms with E-state index in [9.17, 15) is 4.79 Å². The summed E-state index contributed by atoms with van der Waals surface area (Å²) in [5, 5.41) is 20.6. The third-order valence-corrected chi connectivity index (χ3v) is 2.87. The molecule has 1 unspecified atom stereocenters. The van der Waals surface area contributed by atoms with Gasteiger partial charge in [-0.15, -0.1) is 0 Å². The van der Waals surface area contributed by atoms with E-state index in [2.05, 4.69) is 21.2 Å². The van der Waals surface area contributed by atoms with E-state index < -0.39 is 12.0 Å². The monoisotopic (exact) mass is 287 g/mol. The van der Waals surface area contributed by atoms with Crippen LogP contribution in [-0.2, 0) is 4.79 Å². The maximum atomic E-state index is 11.1. The van der Waals surface area contributed by atoms with Gasteiger partial charge in [-0.05, 0) is 24.6 Å². The Morgan fingerprint density at radius 3 is 2.69 bits per heavy atom. The van der Waals surface area contributed by atoms with Crippen LogP contribution in [0.4, 0.5) is 0 Å². The van der Waals surface area contributed by atoms with Crippen molar-refractivity contribution in [2.75, 3.05) is 13.2 Å². The second-order valence-electron chi connectivity index (χ2n) is 3.32. The number of aliphatic carboxylic acids is 1. The molecule has 0 aliphatic heterocycles. The molecule has 5 heteroatoms. The van der Waals surface area contributed by atoms with Gasteiger partial charge in [-0.3, -0.25) is 4.79 Å². The predicted octanol–water partition coefficient (Wildman–Crippen LogP) is 1.55. The minimum atomic E-state index is -0.926. The number of hydrogen-bond acceptors (Lipinski definition) is 3. The van der Waals surface area contributed by atoms with E-state index in [0.717, 1.165) is 4.47 Å². The lowest BCUT2D eigenvalue weighted by atomic mass is 10.1. The molecule has 0 bridgehead atoms. The number of aliphatic hydroxyl groups is 1. The molecule has 1 aromatic rings. The molecule has 1 atom stereocenters. The highest BCUT2D eigenvalue weighted by molar-refractivity contribution is 9.10. The lowest BCUT2D eigenvalue weighted by Crippen LogP contribution is -2.29. The van der Waals surface area contributed by atoms with Gasteiger partial charge in [0.1, 0.15) is 6.04 Å². The van der Waals surface area contributed by atoms with Gasteiger partial charge >= 0.3 is 5.97 Å². The van der Waals surface area contributed by atoms with Crippen LogP contribution in [0, 0.1) is 0 Å². The van der Waals surface area contributed by atoms with Gasteiger partial charge in [0, 0.05) is 11.1 Å². The Labute approximate surface area is 102 Å². The Balaban J connectivity index is 2.78. The molecule has 0 aliphatic rings. The Hall–Kier alpha value is -0.910. The van der Waals surface area contributed by atoms with Crippen LogP contribution in [0.15, 0.2) is 28.7 Å². The SMILES string of the molecule is O=C(O)C(NCCCO)c1ccccc1Br. The predicted molar refractivity (Wildman–Crippen MR) is 64.2 cm³/mol. The van der Waals surface area contributed by atoms with Crippen LogP contribution in [0.25, 0.3) is 0 Å². The van der Waals surface area contributed by atoms with Gasteiger partial charge in [-0.2, -0.15) is 0 Å². The summed E-state index contributed by atoms with van der Waals surface area (Å²) in [4.78, 5) is 11.1. The Morgan fingerprint density at radius 1 is 1.44 bits per heavy atom. The second-order valence-corrected chi connectivity index (χ2v) is 4.18. The third kappa shape index (κ3) is 3.59. The molecule has 0 radical (unpaired) electrons. The molecule has 0 fully saturated rings. The zero-order valence-electron chi connectivity index (χ0n) is 8.69. The fourth-order valence-corrected chi connectivity index (χ4v) is 1.88. The number of carboxylic acid groups (broad SMARTS) is 1. The lowest BCUT2D eigenvalue weighted by molar-refractivity contribution is -0.139. The smallest absolute Gasteiger partial charge is 0.325 e. The molecule has 1 rings (SSSR count). The summed E-state index contributed by atoms with van der Waals surface area (Å²) in [6.45, 7) is 0.518. The van der Waals surface area contributed by atoms with E-state index >= 15 is 0 Å². The maximum absolute atomic E-state index is 11.1. The van der Waals surface area contributed by atoms with Crippen LogP contribution < -0.4 is 5.32 Å². The zero-order chi connectivity index (χ0) is 12.0. The van der Waals surface area contributed by atoms with Gasteiger partial charge in [0.15, 0.2) is 0 Å². The van der Waals surface area contributed by atoms with Crippen molar-refractivity contribution >= 4 is 21.9 Å². The molecule has 0 aromatic heterocycles. The van der Waals surface area contributed by atoms with Gasteiger partial charge < -0.3 is 15.5 Å². The molecule has 88 valence electrons. The van der Waals surface area contributed by atoms with E-state index in [-0.39, 0.29) is 6.61 Å². The number of carboxylic acids is 1. The minimum Gasteiger partial charge on any atom is -0.480 e. The largest absolute Gasteiger partial charge is 0.480 e. The zero-order valence-corrected chi connectivity index (χ0v) is 10.3. The number of halogens is 1. The highest BCUT2D eigenvalue weighted by Gasteiger charge is 2.20. The molecule has 0 aliphatic carbocycles. The lowest BCUT2D eigenvalue weighted by Gasteiger charge is -2.15. The average molecular weight is 288 g/mol. The van der Waals surface area contributed by atoms with Crippen molar-refractivity contribution in [2.24, 2.45) is 0 Å². The standard InChI is InChI=1S/C11H14BrNO3/c12-9-5-2-1-4-8(9)10(11(15)16)13-6-3-7-14/h1-2,4-5,10,13-14H,3,6-7H2,(H,15,16). The summed E-state index contributed by atoms with van der Waals surface area (Å²) in [7, 11) is 0. The molecule has 4 nitrogen and oxygen atoms in total. The average Bonchev–Trinajstić information content (AvgIpc) is 2.25. The van der Waals surface area contributed by atoms with Crippen LogP contribution in [0.3, 0.4) is 0 Å². The molecule has 0 heterocycles. The number of nitrogens with one attached hydrogen (secondary N) is 1. The van der Waals surface area contributed by atoms with Crippen molar-refractivity contribution < 1.29 is 15.0 Å². The first kappa shape index (κ1) is 13.2. The van der Waals surface area contributed by atoms with Gasteiger partial charge in [-0.25, -0.2) is 0 Å².